The number of fused-ring (bicyclic) bond motifs is 1. The number of ether oxygens (including phenoxy) is 1. The number of rotatable bonds is 3. The van der Waals surface area contributed by atoms with Gasteiger partial charge in [-0.25, -0.2) is 4.98 Å². The van der Waals surface area contributed by atoms with Crippen LogP contribution in [0.5, 0.6) is 0 Å². The topological polar surface area (TPSA) is 37.9 Å². The Morgan fingerprint density at radius 3 is 3.12 bits per heavy atom. The van der Waals surface area contributed by atoms with Gasteiger partial charge in [0, 0.05) is 35.2 Å². The van der Waals surface area contributed by atoms with E-state index >= 15 is 0 Å². The molecule has 1 aromatic carbocycles. The van der Waals surface area contributed by atoms with Crippen LogP contribution in [0.15, 0.2) is 35.8 Å². The summed E-state index contributed by atoms with van der Waals surface area (Å²) in [5, 5.41) is 4.29. The first-order chi connectivity index (χ1) is 8.38. The van der Waals surface area contributed by atoms with Gasteiger partial charge in [0.05, 0.1) is 12.3 Å². The third-order valence-electron chi connectivity index (χ3n) is 2.68. The van der Waals surface area contributed by atoms with Crippen LogP contribution in [0.3, 0.4) is 0 Å². The molecule has 0 radical (unpaired) electrons. The van der Waals surface area contributed by atoms with Crippen molar-refractivity contribution in [3.05, 3.63) is 40.8 Å². The highest BCUT2D eigenvalue weighted by molar-refractivity contribution is 7.09. The summed E-state index contributed by atoms with van der Waals surface area (Å²) in [6, 6.07) is 8.25. The van der Waals surface area contributed by atoms with Gasteiger partial charge in [0.15, 0.2) is 0 Å². The van der Waals surface area contributed by atoms with Crippen molar-refractivity contribution in [1.29, 1.82) is 0 Å². The summed E-state index contributed by atoms with van der Waals surface area (Å²) >= 11 is 1.63. The number of methoxy groups -OCH3 is 1. The predicted molar refractivity (Wildman–Crippen MR) is 70.1 cm³/mol. The molecule has 0 unspecified atom stereocenters. The second-order valence-electron chi connectivity index (χ2n) is 3.81. The zero-order valence-corrected chi connectivity index (χ0v) is 10.3. The second kappa shape index (κ2) is 4.31. The van der Waals surface area contributed by atoms with E-state index in [1.807, 2.05) is 18.3 Å². The van der Waals surface area contributed by atoms with E-state index in [0.29, 0.717) is 6.61 Å². The maximum atomic E-state index is 5.09. The van der Waals surface area contributed by atoms with Crippen molar-refractivity contribution in [2.75, 3.05) is 7.11 Å². The van der Waals surface area contributed by atoms with Gasteiger partial charge >= 0.3 is 0 Å². The largest absolute Gasteiger partial charge is 0.378 e. The van der Waals surface area contributed by atoms with E-state index in [1.54, 1.807) is 18.4 Å². The van der Waals surface area contributed by atoms with Crippen molar-refractivity contribution in [2.24, 2.45) is 0 Å². The van der Waals surface area contributed by atoms with Crippen LogP contribution in [0.4, 0.5) is 0 Å². The number of aromatic amines is 1. The molecular weight excluding hydrogens is 232 g/mol. The fourth-order valence-corrected chi connectivity index (χ4v) is 2.67. The summed E-state index contributed by atoms with van der Waals surface area (Å²) in [6.45, 7) is 0.576. The molecule has 0 bridgehead atoms. The van der Waals surface area contributed by atoms with Crippen molar-refractivity contribution in [3.8, 4) is 11.3 Å². The summed E-state index contributed by atoms with van der Waals surface area (Å²) < 4.78 is 5.09. The molecule has 4 heteroatoms. The van der Waals surface area contributed by atoms with E-state index in [1.165, 1.54) is 5.39 Å². The SMILES string of the molecule is COCc1nc(-c2c[nH]c3ccccc23)cs1. The lowest BCUT2D eigenvalue weighted by molar-refractivity contribution is 0.184. The van der Waals surface area contributed by atoms with Crippen LogP contribution in [-0.2, 0) is 11.3 Å². The van der Waals surface area contributed by atoms with Gasteiger partial charge in [0.25, 0.3) is 0 Å². The van der Waals surface area contributed by atoms with Crippen LogP contribution in [0.25, 0.3) is 22.2 Å². The minimum atomic E-state index is 0.576. The van der Waals surface area contributed by atoms with Crippen LogP contribution in [0.2, 0.25) is 0 Å². The average molecular weight is 244 g/mol. The summed E-state index contributed by atoms with van der Waals surface area (Å²) in [6.07, 6.45) is 2.01. The Balaban J connectivity index is 2.07. The van der Waals surface area contributed by atoms with Crippen LogP contribution in [-0.4, -0.2) is 17.1 Å². The number of aromatic nitrogens is 2. The van der Waals surface area contributed by atoms with E-state index in [4.69, 9.17) is 4.74 Å². The molecule has 2 aromatic heterocycles. The molecule has 0 atom stereocenters. The highest BCUT2D eigenvalue weighted by Crippen LogP contribution is 2.29. The molecule has 17 heavy (non-hydrogen) atoms. The van der Waals surface area contributed by atoms with Gasteiger partial charge in [0.1, 0.15) is 5.01 Å². The van der Waals surface area contributed by atoms with E-state index in [-0.39, 0.29) is 0 Å². The third-order valence-corrected chi connectivity index (χ3v) is 3.51. The van der Waals surface area contributed by atoms with Crippen LogP contribution < -0.4 is 0 Å². The van der Waals surface area contributed by atoms with Gasteiger partial charge in [-0.05, 0) is 6.07 Å². The van der Waals surface area contributed by atoms with Gasteiger partial charge in [-0.2, -0.15) is 0 Å². The number of nitrogens with one attached hydrogen (secondary N) is 1. The van der Waals surface area contributed by atoms with Gasteiger partial charge in [-0.1, -0.05) is 18.2 Å². The smallest absolute Gasteiger partial charge is 0.119 e. The lowest BCUT2D eigenvalue weighted by atomic mass is 10.1. The summed E-state index contributed by atoms with van der Waals surface area (Å²) in [4.78, 5) is 7.83. The lowest BCUT2D eigenvalue weighted by Gasteiger charge is -1.94. The summed E-state index contributed by atoms with van der Waals surface area (Å²) in [7, 11) is 1.69. The standard InChI is InChI=1S/C13H12N2OS/c1-16-7-13-15-12(8-17-13)10-6-14-11-5-3-2-4-9(10)11/h2-6,8,14H,7H2,1H3. The highest BCUT2D eigenvalue weighted by atomic mass is 32.1. The molecule has 0 saturated carbocycles. The molecule has 86 valence electrons. The van der Waals surface area contributed by atoms with E-state index < -0.39 is 0 Å². The monoisotopic (exact) mass is 244 g/mol. The van der Waals surface area contributed by atoms with E-state index in [0.717, 1.165) is 21.8 Å². The number of thiazole rings is 1. The van der Waals surface area contributed by atoms with Gasteiger partial charge in [0.2, 0.25) is 0 Å². The zero-order chi connectivity index (χ0) is 11.7. The quantitative estimate of drug-likeness (QED) is 0.766. The third kappa shape index (κ3) is 1.85. The normalized spacial score (nSPS) is 11.1. The van der Waals surface area contributed by atoms with E-state index in [9.17, 15) is 0 Å². The maximum absolute atomic E-state index is 5.09. The molecule has 3 nitrogen and oxygen atoms in total. The Morgan fingerprint density at radius 2 is 2.24 bits per heavy atom. The summed E-state index contributed by atoms with van der Waals surface area (Å²) in [5.74, 6) is 0. The van der Waals surface area contributed by atoms with Gasteiger partial charge < -0.3 is 9.72 Å². The fourth-order valence-electron chi connectivity index (χ4n) is 1.91. The van der Waals surface area contributed by atoms with E-state index in [2.05, 4.69) is 27.5 Å². The van der Waals surface area contributed by atoms with Crippen molar-refractivity contribution < 1.29 is 4.74 Å². The first-order valence-corrected chi connectivity index (χ1v) is 6.26. The Hall–Kier alpha value is -1.65. The molecule has 3 aromatic rings. The van der Waals surface area contributed by atoms with Crippen LogP contribution in [0, 0.1) is 0 Å². The Kier molecular flexibility index (Phi) is 2.66. The molecule has 3 rings (SSSR count). The first-order valence-electron chi connectivity index (χ1n) is 5.38. The minimum Gasteiger partial charge on any atom is -0.378 e. The Bertz CT molecular complexity index is 641. The van der Waals surface area contributed by atoms with Gasteiger partial charge in [-0.3, -0.25) is 0 Å². The second-order valence-corrected chi connectivity index (χ2v) is 4.75. The number of nitrogens with zero attached hydrogens (tertiary/aromatic N) is 1. The number of hydrogen-bond donors (Lipinski definition) is 1. The molecular formula is C13H12N2OS. The molecule has 0 saturated heterocycles. The van der Waals surface area contributed by atoms with Crippen molar-refractivity contribution in [1.82, 2.24) is 9.97 Å². The van der Waals surface area contributed by atoms with Gasteiger partial charge in [-0.15, -0.1) is 11.3 Å². The molecule has 2 heterocycles. The lowest BCUT2D eigenvalue weighted by Crippen LogP contribution is -1.85. The minimum absolute atomic E-state index is 0.576. The van der Waals surface area contributed by atoms with Crippen LogP contribution >= 0.6 is 11.3 Å². The number of hydrogen-bond acceptors (Lipinski definition) is 3. The molecule has 0 fully saturated rings. The molecule has 0 aliphatic carbocycles. The number of benzene rings is 1. The molecule has 0 aliphatic heterocycles. The average Bonchev–Trinajstić information content (AvgIpc) is 2.95. The molecule has 0 aliphatic rings. The zero-order valence-electron chi connectivity index (χ0n) is 9.43. The van der Waals surface area contributed by atoms with Crippen molar-refractivity contribution >= 4 is 22.2 Å². The van der Waals surface area contributed by atoms with Crippen molar-refractivity contribution in [2.45, 2.75) is 6.61 Å². The number of H-pyrrole nitrogens is 1. The molecule has 0 amide bonds. The first kappa shape index (κ1) is 10.5. The Labute approximate surface area is 103 Å². The maximum Gasteiger partial charge on any atom is 0.119 e. The predicted octanol–water partition coefficient (Wildman–Crippen LogP) is 3.44. The molecule has 0 spiro atoms. The Morgan fingerprint density at radius 1 is 1.35 bits per heavy atom. The van der Waals surface area contributed by atoms with Crippen molar-refractivity contribution in [3.63, 3.8) is 0 Å². The molecule has 1 N–H and O–H groups in total. The number of para-hydroxylation sites is 1. The summed E-state index contributed by atoms with van der Waals surface area (Å²) in [5.41, 5.74) is 3.31. The highest BCUT2D eigenvalue weighted by Gasteiger charge is 2.09. The fraction of sp³-hybridized carbons (Fsp3) is 0.154. The van der Waals surface area contributed by atoms with Crippen LogP contribution in [0.1, 0.15) is 5.01 Å².